The average Bonchev–Trinajstić information content (AvgIpc) is 1.61. The van der Waals surface area contributed by atoms with Gasteiger partial charge < -0.3 is 79.3 Å². The molecule has 3 amide bonds. The summed E-state index contributed by atoms with van der Waals surface area (Å²) < 4.78 is 54.6. The molecule has 1 saturated carbocycles. The number of piperazine rings is 1. The number of aliphatic hydroxyl groups excluding tert-OH is 1. The Morgan fingerprint density at radius 3 is 2.23 bits per heavy atom. The fraction of sp³-hybridized carbons (Fsp3) is 0.643. The molecule has 1 aromatic carbocycles. The normalized spacial score (nSPS) is 26.1. The summed E-state index contributed by atoms with van der Waals surface area (Å²) in [6.45, 7) is 18.9. The van der Waals surface area contributed by atoms with Crippen molar-refractivity contribution in [3.05, 3.63) is 90.1 Å². The number of alkyl carbamates (subject to hydrolysis) is 1. The fourth-order valence-electron chi connectivity index (χ4n) is 15.6. The summed E-state index contributed by atoms with van der Waals surface area (Å²) in [5, 5.41) is 22.6. The predicted molar refractivity (Wildman–Crippen MR) is 431 cm³/mol. The van der Waals surface area contributed by atoms with Gasteiger partial charge in [-0.05, 0) is 170 Å². The van der Waals surface area contributed by atoms with Crippen molar-refractivity contribution in [3.8, 4) is 11.3 Å². The van der Waals surface area contributed by atoms with Gasteiger partial charge in [0.2, 0.25) is 17.6 Å². The van der Waals surface area contributed by atoms with Crippen LogP contribution in [0, 0.1) is 23.7 Å². The number of allylic oxidation sites excluding steroid dienone is 6. The Balaban J connectivity index is 0.564. The lowest BCUT2D eigenvalue weighted by Crippen LogP contribution is -2.54. The van der Waals surface area contributed by atoms with E-state index in [0.717, 1.165) is 93.5 Å². The van der Waals surface area contributed by atoms with Crippen molar-refractivity contribution in [2.75, 3.05) is 122 Å². The van der Waals surface area contributed by atoms with Gasteiger partial charge >= 0.3 is 12.1 Å². The number of ketones is 2. The van der Waals surface area contributed by atoms with Crippen molar-refractivity contribution in [1.82, 2.24) is 55.1 Å². The van der Waals surface area contributed by atoms with E-state index in [9.17, 15) is 33.9 Å². The summed E-state index contributed by atoms with van der Waals surface area (Å²) in [5.41, 5.74) is 17.7. The third-order valence-corrected chi connectivity index (χ3v) is 22.4. The van der Waals surface area contributed by atoms with E-state index in [-0.39, 0.29) is 79.7 Å². The Morgan fingerprint density at radius 2 is 1.47 bits per heavy atom. The zero-order chi connectivity index (χ0) is 80.7. The van der Waals surface area contributed by atoms with Crippen LogP contribution in [0.25, 0.3) is 33.4 Å². The monoisotopic (exact) mass is 1580 g/mol. The third-order valence-electron chi connectivity index (χ3n) is 22.4. The van der Waals surface area contributed by atoms with Gasteiger partial charge in [-0.25, -0.2) is 34.2 Å². The number of benzene rings is 1. The van der Waals surface area contributed by atoms with Gasteiger partial charge in [-0.3, -0.25) is 24.1 Å². The second-order valence-corrected chi connectivity index (χ2v) is 31.2. The first-order valence-electron chi connectivity index (χ1n) is 41.3. The Morgan fingerprint density at radius 1 is 0.728 bits per heavy atom. The number of cyclic esters (lactones) is 1. The molecule has 9 atom stereocenters. The van der Waals surface area contributed by atoms with Crippen LogP contribution >= 0.6 is 0 Å². The Labute approximate surface area is 669 Å². The lowest BCUT2D eigenvalue weighted by atomic mass is 9.83. The first kappa shape index (κ1) is 87.8. The van der Waals surface area contributed by atoms with E-state index in [1.807, 2.05) is 68.0 Å². The number of carbonyl (C=O) groups is 6. The molecule has 2 bridgehead atoms. The molecule has 10 rings (SSSR count). The zero-order valence-corrected chi connectivity index (χ0v) is 67.6. The molecule has 30 heteroatoms. The number of amides is 3. The van der Waals surface area contributed by atoms with Crippen molar-refractivity contribution in [1.29, 1.82) is 0 Å². The van der Waals surface area contributed by atoms with E-state index in [4.69, 9.17) is 58.9 Å². The van der Waals surface area contributed by atoms with E-state index < -0.39 is 48.1 Å². The highest BCUT2D eigenvalue weighted by Gasteiger charge is 2.42. The summed E-state index contributed by atoms with van der Waals surface area (Å²) in [6, 6.07) is 4.69. The number of aryl methyl sites for hydroxylation is 1. The third kappa shape index (κ3) is 27.3. The van der Waals surface area contributed by atoms with Gasteiger partial charge in [-0.2, -0.15) is 10.1 Å². The van der Waals surface area contributed by atoms with Gasteiger partial charge in [0, 0.05) is 115 Å². The van der Waals surface area contributed by atoms with Crippen molar-refractivity contribution >= 4 is 75.4 Å². The highest BCUT2D eigenvalue weighted by molar-refractivity contribution is 6.38. The largest absolute Gasteiger partial charge is 0.461 e. The lowest BCUT2D eigenvalue weighted by Gasteiger charge is -2.36. The first-order valence-corrected chi connectivity index (χ1v) is 41.3. The second-order valence-electron chi connectivity index (χ2n) is 31.2. The summed E-state index contributed by atoms with van der Waals surface area (Å²) in [6.07, 6.45) is 25.4. The van der Waals surface area contributed by atoms with Crippen LogP contribution in [0.3, 0.4) is 0 Å². The molecule has 3 saturated heterocycles. The number of piperidine rings is 1. The predicted octanol–water partition coefficient (Wildman–Crippen LogP) is 9.95. The number of unbranched alkanes of at least 4 members (excludes halogenated alkanes) is 1. The molecule has 1 aliphatic carbocycles. The van der Waals surface area contributed by atoms with Crippen molar-refractivity contribution < 1.29 is 76.2 Å². The Bertz CT molecular complexity index is 4020. The topological polar surface area (TPSA) is 378 Å². The van der Waals surface area contributed by atoms with Crippen LogP contribution in [0.5, 0.6) is 0 Å². The molecule has 2 unspecified atom stereocenters. The number of nitrogens with two attached hydrogens (primary N) is 2. The maximum Gasteiger partial charge on any atom is 0.407 e. The highest BCUT2D eigenvalue weighted by atomic mass is 16.6. The van der Waals surface area contributed by atoms with Gasteiger partial charge in [-0.1, -0.05) is 57.2 Å². The van der Waals surface area contributed by atoms with Crippen molar-refractivity contribution in [2.24, 2.45) is 23.7 Å². The number of hydrogen-bond donors (Lipinski definition) is 5. The van der Waals surface area contributed by atoms with E-state index in [1.165, 1.54) is 11.2 Å². The number of hydrogen-bond acceptors (Lipinski definition) is 26. The number of esters is 1. The maximum atomic E-state index is 14.4. The molecule has 7 N–H and O–H groups in total. The molecule has 4 aromatic heterocycles. The van der Waals surface area contributed by atoms with Crippen LogP contribution in [0.1, 0.15) is 169 Å². The number of carbonyl (C=O) groups excluding carboxylic acids is 6. The van der Waals surface area contributed by atoms with Gasteiger partial charge in [0.15, 0.2) is 11.2 Å². The number of methoxy groups -OCH3 is 1. The number of aliphatic hydroxyl groups is 1. The molecule has 5 aliphatic rings. The molecule has 4 aliphatic heterocycles. The SMILES string of the molecule is CO[C@H]1CC2CCCC(O2)C(=O)C(=O)N2CCCC[C@H]2C(=O)O[C@H](CC[C@H]2CC[C@H](OC(=O)NCc3cnc(N4CCN(CCOCCOCCOCCOCCC(=O)NCCCCn5nc(-c6ccc7oc(N)nc7c6)c6c(N)ncnc65)CC4)nc3)CC2)CC[C@H](C)/C=C(\C)[C@@H](O)CC(=O)[C@H](C)C[C@H](C)/C=C/C=C/C=C/1C. The lowest BCUT2D eigenvalue weighted by molar-refractivity contribution is -0.167. The summed E-state index contributed by atoms with van der Waals surface area (Å²) in [4.78, 5) is 110. The average molecular weight is 1580 g/mol. The fourth-order valence-corrected chi connectivity index (χ4v) is 15.6. The number of nitrogens with one attached hydrogen (secondary N) is 2. The second kappa shape index (κ2) is 45.6. The summed E-state index contributed by atoms with van der Waals surface area (Å²) in [5.74, 6) is -0.757. The minimum absolute atomic E-state index is 0.00905. The quantitative estimate of drug-likeness (QED) is 0.0129. The highest BCUT2D eigenvalue weighted by Crippen LogP contribution is 2.35. The van der Waals surface area contributed by atoms with Gasteiger partial charge in [0.25, 0.3) is 11.9 Å². The van der Waals surface area contributed by atoms with Crippen molar-refractivity contribution in [2.45, 2.75) is 219 Å². The number of fused-ring (bicyclic) bond motifs is 5. The zero-order valence-electron chi connectivity index (χ0n) is 67.6. The molecule has 624 valence electrons. The van der Waals surface area contributed by atoms with Crippen molar-refractivity contribution in [3.63, 3.8) is 0 Å². The minimum Gasteiger partial charge on any atom is -0.461 e. The molecule has 8 heterocycles. The molecular formula is C84H122N14O16. The molecule has 30 nitrogen and oxygen atoms in total. The molecule has 114 heavy (non-hydrogen) atoms. The van der Waals surface area contributed by atoms with Crippen LogP contribution in [0.15, 0.2) is 88.9 Å². The maximum absolute atomic E-state index is 14.4. The van der Waals surface area contributed by atoms with E-state index in [2.05, 4.69) is 65.3 Å². The molecule has 5 aromatic rings. The minimum atomic E-state index is -0.921. The van der Waals surface area contributed by atoms with Gasteiger partial charge in [-0.15, -0.1) is 0 Å². The number of anilines is 3. The number of oxazole rings is 1. The molecule has 0 spiro atoms. The number of aromatic nitrogens is 7. The number of ether oxygens (including phenoxy) is 8. The number of Topliss-reactive ketones (excluding diaryl/α,β-unsaturated/α-hetero) is 2. The summed E-state index contributed by atoms with van der Waals surface area (Å²) in [7, 11) is 1.65. The van der Waals surface area contributed by atoms with E-state index >= 15 is 0 Å². The van der Waals surface area contributed by atoms with Crippen LogP contribution < -0.4 is 27.0 Å². The first-order chi connectivity index (χ1) is 55.2. The van der Waals surface area contributed by atoms with E-state index in [0.29, 0.717) is 189 Å². The summed E-state index contributed by atoms with van der Waals surface area (Å²) >= 11 is 0. The van der Waals surface area contributed by atoms with E-state index in [1.54, 1.807) is 25.6 Å². The Kier molecular flexibility index (Phi) is 35.1. The standard InChI is InChI=1S/C84H122N14O16/c1-56-15-8-7-9-16-58(3)73(106-6)50-66-17-14-19-72(111-66)77(102)80(103)97-32-12-10-18-68(97)81(104)112-64(25-20-57(2)48-60(5)70(100)51-69(99)59(4)47-56)26-21-61-22-27-65(28-23-61)113-84(105)90-54-62-52-88-83(89-53-62)96-36-34-95(35-37-96)38-40-108-42-44-110-46-45-109-43-41-107-39-30-74(101)87-31-11-13-33-98-79-75(78(85)91-55-92-79)76(94-98)63-24-29-71-67(49-63)93-82(86)114-71/h7-9,15-16,24,29,48-49,52-53,55-57,59,61,64-66,68,70,72-73,100H,10-14,17-23,25-28,30-47,50-51,54H2,1-6H3,(H2,86,93)(H,87,101)(H,90,105)(H2,85,91,92)/b9-7+,15-8+,58-16+,60-48+/t56-,57+,59-,61-,64+,65-,66?,68+,70+,72?,73+/m1/s1. The Hall–Kier alpha value is -8.62. The van der Waals surface area contributed by atoms with Gasteiger partial charge in [0.05, 0.1) is 76.6 Å². The molecule has 4 fully saturated rings. The molecular weight excluding hydrogens is 1460 g/mol. The molecule has 0 radical (unpaired) electrons. The van der Waals surface area contributed by atoms with Crippen LogP contribution in [0.4, 0.5) is 22.6 Å². The number of rotatable bonds is 29. The van der Waals surface area contributed by atoms with Gasteiger partial charge in [0.1, 0.15) is 53.5 Å². The van der Waals surface area contributed by atoms with Crippen LogP contribution in [0.2, 0.25) is 0 Å². The van der Waals surface area contributed by atoms with Crippen LogP contribution in [-0.4, -0.2) is 233 Å². The number of nitrogen functional groups attached to an aromatic ring is 2. The number of nitrogens with zero attached hydrogens (tertiary/aromatic N) is 10. The van der Waals surface area contributed by atoms with Crippen LogP contribution in [-0.2, 0) is 75.0 Å². The smallest absolute Gasteiger partial charge is 0.407 e.